The highest BCUT2D eigenvalue weighted by Gasteiger charge is 2.21. The highest BCUT2D eigenvalue weighted by Crippen LogP contribution is 2.29. The van der Waals surface area contributed by atoms with Gasteiger partial charge in [-0.05, 0) is 56.7 Å². The van der Waals surface area contributed by atoms with Gasteiger partial charge in [0.05, 0.1) is 11.7 Å². The second-order valence-corrected chi connectivity index (χ2v) is 6.44. The first-order valence-electron chi connectivity index (χ1n) is 8.90. The molecule has 29 heavy (non-hydrogen) atoms. The minimum atomic E-state index is -1.22. The number of benzene rings is 1. The highest BCUT2D eigenvalue weighted by atomic mass is 16.4. The molecule has 1 aliphatic heterocycles. The third-order valence-corrected chi connectivity index (χ3v) is 4.11. The molecule has 1 atom stereocenters. The number of aliphatic hydroxyl groups excluding tert-OH is 1. The topological polar surface area (TPSA) is 105 Å². The van der Waals surface area contributed by atoms with Crippen LogP contribution in [-0.2, 0) is 9.59 Å². The molecule has 0 bridgehead atoms. The molecule has 0 saturated heterocycles. The van der Waals surface area contributed by atoms with Crippen LogP contribution in [0.2, 0.25) is 0 Å². The third kappa shape index (κ3) is 5.06. The number of hydrogen-bond acceptors (Lipinski definition) is 5. The van der Waals surface area contributed by atoms with Gasteiger partial charge in [0.2, 0.25) is 0 Å². The molecule has 6 nitrogen and oxygen atoms in total. The van der Waals surface area contributed by atoms with Crippen molar-refractivity contribution in [3.63, 3.8) is 0 Å². The van der Waals surface area contributed by atoms with E-state index in [0.29, 0.717) is 21.8 Å². The Hall–Kier alpha value is -3.51. The minimum absolute atomic E-state index is 0.118. The van der Waals surface area contributed by atoms with E-state index in [4.69, 9.17) is 4.42 Å². The van der Waals surface area contributed by atoms with Crippen LogP contribution in [0.5, 0.6) is 0 Å². The van der Waals surface area contributed by atoms with E-state index < -0.39 is 12.1 Å². The summed E-state index contributed by atoms with van der Waals surface area (Å²) in [5, 5.41) is 20.0. The number of carboxylic acids is 1. The fourth-order valence-electron chi connectivity index (χ4n) is 2.91. The lowest BCUT2D eigenvalue weighted by Gasteiger charge is -2.15. The number of hydrogen-bond donors (Lipinski definition) is 2. The van der Waals surface area contributed by atoms with Crippen LogP contribution in [0.3, 0.4) is 0 Å². The molecular formula is C23H22O6. The van der Waals surface area contributed by atoms with Gasteiger partial charge in [-0.3, -0.25) is 9.59 Å². The second kappa shape index (κ2) is 9.12. The van der Waals surface area contributed by atoms with Crippen LogP contribution in [-0.4, -0.2) is 28.1 Å². The largest absolute Gasteiger partial charge is 0.478 e. The molecule has 1 aliphatic carbocycles. The summed E-state index contributed by atoms with van der Waals surface area (Å²) in [4.78, 5) is 34.8. The predicted octanol–water partition coefficient (Wildman–Crippen LogP) is 1.88. The van der Waals surface area contributed by atoms with Crippen molar-refractivity contribution in [1.29, 1.82) is 0 Å². The molecule has 6 heteroatoms. The zero-order chi connectivity index (χ0) is 21.7. The quantitative estimate of drug-likeness (QED) is 0.573. The van der Waals surface area contributed by atoms with Crippen molar-refractivity contribution >= 4 is 29.5 Å². The molecule has 1 heterocycles. The molecule has 2 N–H and O–H groups in total. The molecule has 0 radical (unpaired) electrons. The maximum Gasteiger partial charge on any atom is 0.336 e. The lowest BCUT2D eigenvalue weighted by molar-refractivity contribution is -0.132. The molecule has 0 saturated carbocycles. The Labute approximate surface area is 167 Å². The summed E-state index contributed by atoms with van der Waals surface area (Å²) in [5.74, 6) is -1.20. The van der Waals surface area contributed by atoms with Gasteiger partial charge in [-0.1, -0.05) is 18.7 Å². The number of rotatable bonds is 6. The summed E-state index contributed by atoms with van der Waals surface area (Å²) < 4.78 is 5.81. The van der Waals surface area contributed by atoms with Gasteiger partial charge in [-0.15, -0.1) is 0 Å². The number of carbonyl (C=O) groups is 2. The average Bonchev–Trinajstić information content (AvgIpc) is 2.62. The van der Waals surface area contributed by atoms with Crippen molar-refractivity contribution in [2.75, 3.05) is 0 Å². The number of aliphatic carboxylic acids is 1. The van der Waals surface area contributed by atoms with Crippen LogP contribution >= 0.6 is 0 Å². The normalized spacial score (nSPS) is 14.6. The van der Waals surface area contributed by atoms with Crippen molar-refractivity contribution in [1.82, 2.24) is 0 Å². The Morgan fingerprint density at radius 2 is 1.97 bits per heavy atom. The first-order chi connectivity index (χ1) is 13.6. The van der Waals surface area contributed by atoms with E-state index in [2.05, 4.69) is 6.58 Å². The molecule has 0 aromatic rings. The highest BCUT2D eigenvalue weighted by molar-refractivity contribution is 6.07. The number of aliphatic hydroxyl groups is 1. The fourth-order valence-corrected chi connectivity index (χ4v) is 2.91. The minimum Gasteiger partial charge on any atom is -0.478 e. The van der Waals surface area contributed by atoms with Crippen LogP contribution in [0.1, 0.15) is 26.3 Å². The van der Waals surface area contributed by atoms with E-state index in [1.54, 1.807) is 26.0 Å². The Bertz CT molecular complexity index is 1170. The lowest BCUT2D eigenvalue weighted by Crippen LogP contribution is -2.32. The summed E-state index contributed by atoms with van der Waals surface area (Å²) in [6.07, 6.45) is 6.23. The Morgan fingerprint density at radius 3 is 2.52 bits per heavy atom. The monoisotopic (exact) mass is 394 g/mol. The zero-order valence-corrected chi connectivity index (χ0v) is 16.4. The van der Waals surface area contributed by atoms with E-state index >= 15 is 0 Å². The first-order valence-corrected chi connectivity index (χ1v) is 8.90. The van der Waals surface area contributed by atoms with E-state index in [9.17, 15) is 24.6 Å². The predicted molar refractivity (Wildman–Crippen MR) is 112 cm³/mol. The summed E-state index contributed by atoms with van der Waals surface area (Å²) in [5.41, 5.74) is 1.05. The van der Waals surface area contributed by atoms with Crippen molar-refractivity contribution in [3.8, 4) is 11.3 Å². The van der Waals surface area contributed by atoms with E-state index in [-0.39, 0.29) is 28.1 Å². The summed E-state index contributed by atoms with van der Waals surface area (Å²) in [6, 6.07) is 4.20. The summed E-state index contributed by atoms with van der Waals surface area (Å²) >= 11 is 0. The maximum atomic E-state index is 11.9. The number of fused-ring (bicyclic) bond motifs is 1. The van der Waals surface area contributed by atoms with Crippen molar-refractivity contribution < 1.29 is 24.2 Å². The number of carbonyl (C=O) groups excluding carboxylic acids is 1. The maximum absolute atomic E-state index is 11.9. The van der Waals surface area contributed by atoms with E-state index in [1.165, 1.54) is 43.4 Å². The van der Waals surface area contributed by atoms with Crippen LogP contribution in [0, 0.1) is 0 Å². The molecule has 0 spiro atoms. The molecule has 2 aliphatic rings. The standard InChI is InChI=1S/C23H22O6/c1-5-17-20(11-14(3)25)29-21-12-16(26)9-10-19(21)22(17)15(4)18(23(27)28)8-6-7-13(2)24/h5-12,14,25H,4H2,1-3H3,(H,27,28)/b7-6+,17-5+,18-8+,20-11+/t14-/m0/s1. The molecule has 2 rings (SSSR count). The fraction of sp³-hybridized carbons (Fsp3) is 0.174. The van der Waals surface area contributed by atoms with Gasteiger partial charge in [-0.2, -0.15) is 0 Å². The van der Waals surface area contributed by atoms with Crippen LogP contribution in [0.15, 0.2) is 57.8 Å². The molecule has 0 aromatic carbocycles. The molecular weight excluding hydrogens is 372 g/mol. The summed E-state index contributed by atoms with van der Waals surface area (Å²) in [6.45, 7) is 8.61. The van der Waals surface area contributed by atoms with Crippen molar-refractivity contribution in [2.24, 2.45) is 0 Å². The van der Waals surface area contributed by atoms with Crippen molar-refractivity contribution in [2.45, 2.75) is 26.9 Å². The van der Waals surface area contributed by atoms with E-state index in [1.807, 2.05) is 0 Å². The van der Waals surface area contributed by atoms with Gasteiger partial charge in [0.25, 0.3) is 0 Å². The van der Waals surface area contributed by atoms with Crippen LogP contribution in [0.25, 0.3) is 29.0 Å². The Balaban J connectivity index is 2.93. The van der Waals surface area contributed by atoms with Gasteiger partial charge in [-0.25, -0.2) is 4.79 Å². The molecule has 0 amide bonds. The Kier molecular flexibility index (Phi) is 6.85. The summed E-state index contributed by atoms with van der Waals surface area (Å²) in [7, 11) is 0. The Morgan fingerprint density at radius 1 is 1.28 bits per heavy atom. The van der Waals surface area contributed by atoms with Crippen LogP contribution < -0.4 is 16.1 Å². The second-order valence-electron chi connectivity index (χ2n) is 6.44. The van der Waals surface area contributed by atoms with Gasteiger partial charge in [0, 0.05) is 22.4 Å². The first kappa shape index (κ1) is 21.8. The van der Waals surface area contributed by atoms with Gasteiger partial charge >= 0.3 is 5.97 Å². The number of allylic oxidation sites excluding steroid dienone is 3. The molecule has 0 unspecified atom stereocenters. The lowest BCUT2D eigenvalue weighted by atomic mass is 9.91. The number of ketones is 1. The average molecular weight is 394 g/mol. The van der Waals surface area contributed by atoms with Gasteiger partial charge < -0.3 is 14.6 Å². The molecule has 0 aromatic heterocycles. The van der Waals surface area contributed by atoms with E-state index in [0.717, 1.165) is 0 Å². The molecule has 150 valence electrons. The van der Waals surface area contributed by atoms with Gasteiger partial charge in [0.1, 0.15) is 11.2 Å². The van der Waals surface area contributed by atoms with Crippen molar-refractivity contribution in [3.05, 3.63) is 75.0 Å². The van der Waals surface area contributed by atoms with Gasteiger partial charge in [0.15, 0.2) is 11.2 Å². The smallest absolute Gasteiger partial charge is 0.336 e. The SMILES string of the molecule is C=C(/C(=C\C=C\C(C)=O)C(=O)O)c1c2ccc(=O)cc-2oc(=C/[C@H](C)O)/c1=C\C. The third-order valence-electron chi connectivity index (χ3n) is 4.11. The zero-order valence-electron chi connectivity index (χ0n) is 16.4. The van der Waals surface area contributed by atoms with Crippen LogP contribution in [0.4, 0.5) is 0 Å². The number of carboxylic acid groups (broad SMARTS) is 1. The molecule has 0 fully saturated rings.